The van der Waals surface area contributed by atoms with E-state index in [1.54, 1.807) is 32.4 Å². The van der Waals surface area contributed by atoms with Crippen molar-refractivity contribution >= 4 is 0 Å². The Kier molecular flexibility index (Phi) is 5.30. The molecule has 0 aliphatic carbocycles. The van der Waals surface area contributed by atoms with Crippen LogP contribution >= 0.6 is 0 Å². The number of hydrogen-bond donors (Lipinski definition) is 1. The summed E-state index contributed by atoms with van der Waals surface area (Å²) < 4.78 is 10.9. The highest BCUT2D eigenvalue weighted by Gasteiger charge is 2.17. The van der Waals surface area contributed by atoms with E-state index < -0.39 is 0 Å². The summed E-state index contributed by atoms with van der Waals surface area (Å²) >= 11 is 0. The number of rotatable bonds is 5. The highest BCUT2D eigenvalue weighted by molar-refractivity contribution is 5.71. The number of aromatic nitrogens is 3. The molecule has 0 spiro atoms. The lowest BCUT2D eigenvalue weighted by Gasteiger charge is -2.13. The third-order valence-corrected chi connectivity index (χ3v) is 4.74. The number of hydrogen-bond acceptors (Lipinski definition) is 6. The highest BCUT2D eigenvalue weighted by Crippen LogP contribution is 2.36. The standard InChI is InChI=1S/C24H21N3O3/c1-15-13-17(14-20(29-2)21(15)30-3)23-25-22(16-9-5-4-6-10-16)26-24(27-23)18-11-7-8-12-19(18)28/h4-14,28H,1-3H3. The molecule has 4 aromatic rings. The zero-order valence-electron chi connectivity index (χ0n) is 17.0. The number of nitrogens with zero attached hydrogens (tertiary/aromatic N) is 3. The van der Waals surface area contributed by atoms with Gasteiger partial charge in [0.2, 0.25) is 0 Å². The molecule has 30 heavy (non-hydrogen) atoms. The van der Waals surface area contributed by atoms with Gasteiger partial charge >= 0.3 is 0 Å². The third-order valence-electron chi connectivity index (χ3n) is 4.74. The molecular formula is C24H21N3O3. The van der Waals surface area contributed by atoms with Crippen LogP contribution < -0.4 is 9.47 Å². The van der Waals surface area contributed by atoms with E-state index in [1.165, 1.54) is 0 Å². The predicted octanol–water partition coefficient (Wildman–Crippen LogP) is 4.90. The van der Waals surface area contributed by atoms with Gasteiger partial charge in [-0.2, -0.15) is 0 Å². The van der Waals surface area contributed by atoms with Gasteiger partial charge in [0.15, 0.2) is 29.0 Å². The molecule has 0 radical (unpaired) electrons. The minimum Gasteiger partial charge on any atom is -0.507 e. The fraction of sp³-hybridized carbons (Fsp3) is 0.125. The Balaban J connectivity index is 1.95. The van der Waals surface area contributed by atoms with Crippen LogP contribution in [0.4, 0.5) is 0 Å². The topological polar surface area (TPSA) is 77.4 Å². The van der Waals surface area contributed by atoms with E-state index in [0.717, 1.165) is 16.7 Å². The Morgan fingerprint density at radius 3 is 2.00 bits per heavy atom. The zero-order chi connectivity index (χ0) is 21.1. The lowest BCUT2D eigenvalue weighted by molar-refractivity contribution is 0.353. The van der Waals surface area contributed by atoms with Gasteiger partial charge in [-0.3, -0.25) is 0 Å². The molecule has 1 aromatic heterocycles. The third kappa shape index (κ3) is 3.67. The smallest absolute Gasteiger partial charge is 0.167 e. The number of benzene rings is 3. The zero-order valence-corrected chi connectivity index (χ0v) is 17.0. The second kappa shape index (κ2) is 8.21. The molecule has 0 fully saturated rings. The summed E-state index contributed by atoms with van der Waals surface area (Å²) in [6.45, 7) is 1.94. The maximum atomic E-state index is 10.3. The van der Waals surface area contributed by atoms with Gasteiger partial charge in [-0.1, -0.05) is 42.5 Å². The summed E-state index contributed by atoms with van der Waals surface area (Å²) in [7, 11) is 3.20. The molecule has 0 bridgehead atoms. The lowest BCUT2D eigenvalue weighted by atomic mass is 10.1. The minimum absolute atomic E-state index is 0.108. The number of ether oxygens (including phenoxy) is 2. The average molecular weight is 399 g/mol. The summed E-state index contributed by atoms with van der Waals surface area (Å²) in [5.41, 5.74) is 3.06. The first kappa shape index (κ1) is 19.4. The van der Waals surface area contributed by atoms with E-state index >= 15 is 0 Å². The fourth-order valence-corrected chi connectivity index (χ4v) is 3.29. The molecular weight excluding hydrogens is 378 g/mol. The van der Waals surface area contributed by atoms with Crippen LogP contribution in [0.5, 0.6) is 17.2 Å². The second-order valence-electron chi connectivity index (χ2n) is 6.72. The first-order chi connectivity index (χ1) is 14.6. The molecule has 0 amide bonds. The van der Waals surface area contributed by atoms with Crippen molar-refractivity contribution in [2.75, 3.05) is 14.2 Å². The van der Waals surface area contributed by atoms with Crippen LogP contribution in [0, 0.1) is 6.92 Å². The first-order valence-electron chi connectivity index (χ1n) is 9.43. The van der Waals surface area contributed by atoms with Gasteiger partial charge in [0, 0.05) is 11.1 Å². The van der Waals surface area contributed by atoms with Gasteiger partial charge in [0.1, 0.15) is 5.75 Å². The van der Waals surface area contributed by atoms with Crippen LogP contribution in [-0.2, 0) is 0 Å². The Hall–Kier alpha value is -3.93. The van der Waals surface area contributed by atoms with E-state index in [4.69, 9.17) is 14.5 Å². The van der Waals surface area contributed by atoms with Crippen LogP contribution in [0.1, 0.15) is 5.56 Å². The minimum atomic E-state index is 0.108. The molecule has 3 aromatic carbocycles. The Morgan fingerprint density at radius 2 is 1.33 bits per heavy atom. The van der Waals surface area contributed by atoms with Crippen LogP contribution in [0.15, 0.2) is 66.7 Å². The number of phenolic OH excluding ortho intramolecular Hbond substituents is 1. The van der Waals surface area contributed by atoms with Crippen molar-refractivity contribution in [3.05, 3.63) is 72.3 Å². The van der Waals surface area contributed by atoms with Crippen LogP contribution in [-0.4, -0.2) is 34.3 Å². The van der Waals surface area contributed by atoms with Gasteiger partial charge in [0.25, 0.3) is 0 Å². The quantitative estimate of drug-likeness (QED) is 0.514. The molecule has 0 aliphatic heterocycles. The van der Waals surface area contributed by atoms with Gasteiger partial charge in [-0.25, -0.2) is 15.0 Å². The van der Waals surface area contributed by atoms with E-state index in [9.17, 15) is 5.11 Å². The molecule has 0 atom stereocenters. The Morgan fingerprint density at radius 1 is 0.700 bits per heavy atom. The van der Waals surface area contributed by atoms with E-state index in [-0.39, 0.29) is 5.75 Å². The highest BCUT2D eigenvalue weighted by atomic mass is 16.5. The Labute approximate surface area is 174 Å². The van der Waals surface area contributed by atoms with Crippen molar-refractivity contribution in [1.82, 2.24) is 15.0 Å². The summed E-state index contributed by atoms with van der Waals surface area (Å²) in [4.78, 5) is 14.0. The molecule has 0 saturated carbocycles. The largest absolute Gasteiger partial charge is 0.507 e. The monoisotopic (exact) mass is 399 g/mol. The van der Waals surface area contributed by atoms with Crippen molar-refractivity contribution in [2.45, 2.75) is 6.92 Å². The SMILES string of the molecule is COc1cc(-c2nc(-c3ccccc3)nc(-c3ccccc3O)n2)cc(C)c1OC. The van der Waals surface area contributed by atoms with E-state index in [1.807, 2.05) is 55.5 Å². The molecule has 6 nitrogen and oxygen atoms in total. The lowest BCUT2D eigenvalue weighted by Crippen LogP contribution is -2.01. The molecule has 0 aliphatic rings. The second-order valence-corrected chi connectivity index (χ2v) is 6.72. The fourth-order valence-electron chi connectivity index (χ4n) is 3.29. The van der Waals surface area contributed by atoms with E-state index in [2.05, 4.69) is 9.97 Å². The molecule has 150 valence electrons. The molecule has 4 rings (SSSR count). The number of aryl methyl sites for hydroxylation is 1. The van der Waals surface area contributed by atoms with Gasteiger partial charge in [-0.15, -0.1) is 0 Å². The molecule has 1 heterocycles. The van der Waals surface area contributed by atoms with Crippen molar-refractivity contribution < 1.29 is 14.6 Å². The average Bonchev–Trinajstić information content (AvgIpc) is 2.79. The van der Waals surface area contributed by atoms with Crippen molar-refractivity contribution in [2.24, 2.45) is 0 Å². The summed E-state index contributed by atoms with van der Waals surface area (Å²) in [5.74, 6) is 2.76. The molecule has 6 heteroatoms. The molecule has 0 saturated heterocycles. The molecule has 1 N–H and O–H groups in total. The van der Waals surface area contributed by atoms with Crippen molar-refractivity contribution in [1.29, 1.82) is 0 Å². The van der Waals surface area contributed by atoms with Crippen LogP contribution in [0.25, 0.3) is 34.2 Å². The normalized spacial score (nSPS) is 10.6. The summed E-state index contributed by atoms with van der Waals surface area (Å²) in [6.07, 6.45) is 0. The Bertz CT molecular complexity index is 1190. The first-order valence-corrected chi connectivity index (χ1v) is 9.43. The number of methoxy groups -OCH3 is 2. The van der Waals surface area contributed by atoms with E-state index in [0.29, 0.717) is 34.5 Å². The summed E-state index contributed by atoms with van der Waals surface area (Å²) in [6, 6.07) is 20.4. The van der Waals surface area contributed by atoms with Gasteiger partial charge in [0.05, 0.1) is 19.8 Å². The van der Waals surface area contributed by atoms with Gasteiger partial charge < -0.3 is 14.6 Å². The number of aromatic hydroxyl groups is 1. The maximum Gasteiger partial charge on any atom is 0.167 e. The van der Waals surface area contributed by atoms with Gasteiger partial charge in [-0.05, 0) is 36.8 Å². The molecule has 0 unspecified atom stereocenters. The van der Waals surface area contributed by atoms with Crippen molar-refractivity contribution in [3.63, 3.8) is 0 Å². The number of phenols is 1. The summed E-state index contributed by atoms with van der Waals surface area (Å²) in [5, 5.41) is 10.3. The predicted molar refractivity (Wildman–Crippen MR) is 116 cm³/mol. The maximum absolute atomic E-state index is 10.3. The van der Waals surface area contributed by atoms with Crippen molar-refractivity contribution in [3.8, 4) is 51.4 Å². The number of para-hydroxylation sites is 1. The van der Waals surface area contributed by atoms with Crippen LogP contribution in [0.3, 0.4) is 0 Å². The van der Waals surface area contributed by atoms with Crippen LogP contribution in [0.2, 0.25) is 0 Å².